The maximum atomic E-state index is 12.8. The van der Waals surface area contributed by atoms with Gasteiger partial charge in [-0.05, 0) is 65.9 Å². The molecule has 31 heavy (non-hydrogen) atoms. The Bertz CT molecular complexity index is 1090. The van der Waals surface area contributed by atoms with Crippen molar-refractivity contribution in [3.05, 3.63) is 87.9 Å². The molecule has 5 heteroatoms. The molecule has 1 N–H and O–H groups in total. The summed E-state index contributed by atoms with van der Waals surface area (Å²) in [5.41, 5.74) is 4.03. The highest BCUT2D eigenvalue weighted by atomic mass is 35.5. The molecule has 0 aliphatic heterocycles. The molecule has 0 saturated carbocycles. The van der Waals surface area contributed by atoms with Gasteiger partial charge in [-0.1, -0.05) is 50.6 Å². The monoisotopic (exact) mass is 437 g/mol. The van der Waals surface area contributed by atoms with Crippen LogP contribution in [0.3, 0.4) is 0 Å². The number of anilines is 1. The number of para-hydroxylation sites is 1. The van der Waals surface area contributed by atoms with Crippen LogP contribution in [0.1, 0.15) is 47.8 Å². The molecule has 0 radical (unpaired) electrons. The third kappa shape index (κ3) is 5.59. The molecule has 0 aliphatic carbocycles. The zero-order valence-corrected chi connectivity index (χ0v) is 19.3. The molecule has 0 atom stereocenters. The van der Waals surface area contributed by atoms with Crippen molar-refractivity contribution in [1.82, 2.24) is 0 Å². The average Bonchev–Trinajstić information content (AvgIpc) is 2.73. The maximum Gasteiger partial charge on any atom is 0.255 e. The zero-order chi connectivity index (χ0) is 22.6. The SMILES string of the molecule is COc1ccc(C(=O)Nc2ccc(Cl)cc2C)cc1COc1ccccc1C(C)(C)C. The van der Waals surface area contributed by atoms with Gasteiger partial charge in [0.15, 0.2) is 0 Å². The van der Waals surface area contributed by atoms with Gasteiger partial charge < -0.3 is 14.8 Å². The van der Waals surface area contributed by atoms with E-state index in [9.17, 15) is 4.79 Å². The third-order valence-electron chi connectivity index (χ3n) is 5.06. The molecule has 3 rings (SSSR count). The third-order valence-corrected chi connectivity index (χ3v) is 5.29. The van der Waals surface area contributed by atoms with Crippen molar-refractivity contribution in [2.45, 2.75) is 39.7 Å². The van der Waals surface area contributed by atoms with Crippen LogP contribution in [0.15, 0.2) is 60.7 Å². The van der Waals surface area contributed by atoms with Crippen molar-refractivity contribution in [2.75, 3.05) is 12.4 Å². The van der Waals surface area contributed by atoms with E-state index in [0.717, 1.165) is 28.1 Å². The molecule has 0 saturated heterocycles. The van der Waals surface area contributed by atoms with Crippen molar-refractivity contribution < 1.29 is 14.3 Å². The molecule has 0 fully saturated rings. The fourth-order valence-electron chi connectivity index (χ4n) is 3.36. The summed E-state index contributed by atoms with van der Waals surface area (Å²) in [5, 5.41) is 3.58. The Balaban J connectivity index is 1.82. The van der Waals surface area contributed by atoms with Gasteiger partial charge in [-0.25, -0.2) is 0 Å². The van der Waals surface area contributed by atoms with Crippen molar-refractivity contribution in [3.63, 3.8) is 0 Å². The number of amides is 1. The van der Waals surface area contributed by atoms with Crippen LogP contribution in [0, 0.1) is 6.92 Å². The van der Waals surface area contributed by atoms with E-state index in [2.05, 4.69) is 32.2 Å². The van der Waals surface area contributed by atoms with Crippen LogP contribution < -0.4 is 14.8 Å². The van der Waals surface area contributed by atoms with E-state index in [0.29, 0.717) is 16.3 Å². The Morgan fingerprint density at radius 3 is 2.42 bits per heavy atom. The highest BCUT2D eigenvalue weighted by molar-refractivity contribution is 6.30. The number of hydrogen-bond donors (Lipinski definition) is 1. The summed E-state index contributed by atoms with van der Waals surface area (Å²) in [5.74, 6) is 1.29. The number of halogens is 1. The summed E-state index contributed by atoms with van der Waals surface area (Å²) in [6.07, 6.45) is 0. The summed E-state index contributed by atoms with van der Waals surface area (Å²) < 4.78 is 11.6. The Morgan fingerprint density at radius 2 is 1.74 bits per heavy atom. The van der Waals surface area contributed by atoms with Crippen LogP contribution in [0.25, 0.3) is 0 Å². The van der Waals surface area contributed by atoms with Gasteiger partial charge in [0.2, 0.25) is 0 Å². The lowest BCUT2D eigenvalue weighted by Gasteiger charge is -2.23. The number of ether oxygens (including phenoxy) is 2. The number of benzene rings is 3. The molecule has 0 unspecified atom stereocenters. The highest BCUT2D eigenvalue weighted by Crippen LogP contribution is 2.32. The van der Waals surface area contributed by atoms with E-state index in [4.69, 9.17) is 21.1 Å². The molecule has 0 spiro atoms. The first-order valence-electron chi connectivity index (χ1n) is 10.2. The van der Waals surface area contributed by atoms with E-state index >= 15 is 0 Å². The molecule has 3 aromatic rings. The van der Waals surface area contributed by atoms with Gasteiger partial charge >= 0.3 is 0 Å². The highest BCUT2D eigenvalue weighted by Gasteiger charge is 2.19. The predicted octanol–water partition coefficient (Wildman–Crippen LogP) is 6.79. The molecular formula is C26H28ClNO3. The van der Waals surface area contributed by atoms with Crippen LogP contribution in [0.5, 0.6) is 11.5 Å². The number of rotatable bonds is 6. The predicted molar refractivity (Wildman–Crippen MR) is 127 cm³/mol. The first-order valence-corrected chi connectivity index (χ1v) is 10.5. The first-order chi connectivity index (χ1) is 14.7. The normalized spacial score (nSPS) is 11.2. The number of hydrogen-bond acceptors (Lipinski definition) is 3. The van der Waals surface area contributed by atoms with Gasteiger partial charge in [0.1, 0.15) is 18.1 Å². The van der Waals surface area contributed by atoms with E-state index in [1.807, 2.05) is 31.2 Å². The van der Waals surface area contributed by atoms with Crippen LogP contribution in [-0.4, -0.2) is 13.0 Å². The minimum absolute atomic E-state index is 0.0428. The minimum Gasteiger partial charge on any atom is -0.496 e. The summed E-state index contributed by atoms with van der Waals surface area (Å²) in [6.45, 7) is 8.65. The number of methoxy groups -OCH3 is 1. The summed E-state index contributed by atoms with van der Waals surface area (Å²) >= 11 is 6.01. The first kappa shape index (κ1) is 22.7. The van der Waals surface area contributed by atoms with Crippen molar-refractivity contribution in [3.8, 4) is 11.5 Å². The zero-order valence-electron chi connectivity index (χ0n) is 18.6. The fraction of sp³-hybridized carbons (Fsp3) is 0.269. The Kier molecular flexibility index (Phi) is 6.91. The standard InChI is InChI=1S/C26H28ClNO3/c1-17-14-20(27)11-12-22(17)28-25(29)18-10-13-23(30-5)19(15-18)16-31-24-9-7-6-8-21(24)26(2,3)4/h6-15H,16H2,1-5H3,(H,28,29). The minimum atomic E-state index is -0.204. The molecule has 3 aromatic carbocycles. The number of nitrogens with one attached hydrogen (secondary N) is 1. The Labute approximate surface area is 189 Å². The molecule has 162 valence electrons. The topological polar surface area (TPSA) is 47.6 Å². The Morgan fingerprint density at radius 1 is 1.00 bits per heavy atom. The molecule has 1 amide bonds. The van der Waals surface area contributed by atoms with Crippen LogP contribution in [-0.2, 0) is 12.0 Å². The molecule has 0 bridgehead atoms. The van der Waals surface area contributed by atoms with Gasteiger partial charge in [0.05, 0.1) is 7.11 Å². The Hall–Kier alpha value is -2.98. The lowest BCUT2D eigenvalue weighted by atomic mass is 9.86. The number of carbonyl (C=O) groups excluding carboxylic acids is 1. The lowest BCUT2D eigenvalue weighted by molar-refractivity contribution is 0.102. The smallest absolute Gasteiger partial charge is 0.255 e. The second-order valence-electron chi connectivity index (χ2n) is 8.47. The maximum absolute atomic E-state index is 12.8. The van der Waals surface area contributed by atoms with Gasteiger partial charge in [0.25, 0.3) is 5.91 Å². The van der Waals surface area contributed by atoms with Gasteiger partial charge in [-0.2, -0.15) is 0 Å². The largest absolute Gasteiger partial charge is 0.496 e. The van der Waals surface area contributed by atoms with Crippen LogP contribution >= 0.6 is 11.6 Å². The van der Waals surface area contributed by atoms with E-state index in [1.165, 1.54) is 0 Å². The molecule has 4 nitrogen and oxygen atoms in total. The second-order valence-corrected chi connectivity index (χ2v) is 8.91. The van der Waals surface area contributed by atoms with E-state index in [-0.39, 0.29) is 17.9 Å². The van der Waals surface area contributed by atoms with Crippen LogP contribution in [0.2, 0.25) is 5.02 Å². The fourth-order valence-corrected chi connectivity index (χ4v) is 3.59. The van der Waals surface area contributed by atoms with E-state index in [1.54, 1.807) is 37.4 Å². The number of carbonyl (C=O) groups is 1. The van der Waals surface area contributed by atoms with Gasteiger partial charge in [-0.15, -0.1) is 0 Å². The molecular weight excluding hydrogens is 410 g/mol. The lowest BCUT2D eigenvalue weighted by Crippen LogP contribution is -2.14. The van der Waals surface area contributed by atoms with Gasteiger partial charge in [0, 0.05) is 21.8 Å². The second kappa shape index (κ2) is 9.44. The quantitative estimate of drug-likeness (QED) is 0.462. The van der Waals surface area contributed by atoms with Crippen LogP contribution in [0.4, 0.5) is 5.69 Å². The summed E-state index contributed by atoms with van der Waals surface area (Å²) in [4.78, 5) is 12.8. The summed E-state index contributed by atoms with van der Waals surface area (Å²) in [6, 6.07) is 18.7. The molecule has 0 aliphatic rings. The average molecular weight is 438 g/mol. The molecule has 0 heterocycles. The van der Waals surface area contributed by atoms with Crippen molar-refractivity contribution >= 4 is 23.2 Å². The number of aryl methyl sites for hydroxylation is 1. The van der Waals surface area contributed by atoms with Crippen molar-refractivity contribution in [2.24, 2.45) is 0 Å². The van der Waals surface area contributed by atoms with E-state index < -0.39 is 0 Å². The van der Waals surface area contributed by atoms with Gasteiger partial charge in [-0.3, -0.25) is 4.79 Å². The summed E-state index contributed by atoms with van der Waals surface area (Å²) in [7, 11) is 1.61. The molecule has 0 aromatic heterocycles. The van der Waals surface area contributed by atoms with Crippen molar-refractivity contribution in [1.29, 1.82) is 0 Å².